The SMILES string of the molecule is COc1ccc(CCNc2ccc3nnc(C(C)C)n3n2)cc1OC. The molecule has 0 aliphatic rings. The van der Waals surface area contributed by atoms with Gasteiger partial charge in [-0.15, -0.1) is 15.3 Å². The summed E-state index contributed by atoms with van der Waals surface area (Å²) < 4.78 is 12.4. The zero-order valence-corrected chi connectivity index (χ0v) is 15.0. The lowest BCUT2D eigenvalue weighted by atomic mass is 10.1. The maximum Gasteiger partial charge on any atom is 0.178 e. The molecule has 0 saturated heterocycles. The van der Waals surface area contributed by atoms with E-state index in [9.17, 15) is 0 Å². The normalized spacial score (nSPS) is 11.1. The first-order valence-corrected chi connectivity index (χ1v) is 8.29. The zero-order chi connectivity index (χ0) is 17.8. The number of methoxy groups -OCH3 is 2. The molecule has 132 valence electrons. The van der Waals surface area contributed by atoms with Gasteiger partial charge in [-0.2, -0.15) is 4.52 Å². The molecule has 0 saturated carbocycles. The fraction of sp³-hybridized carbons (Fsp3) is 0.389. The highest BCUT2D eigenvalue weighted by atomic mass is 16.5. The summed E-state index contributed by atoms with van der Waals surface area (Å²) in [5.74, 6) is 3.41. The number of rotatable bonds is 7. The van der Waals surface area contributed by atoms with Crippen LogP contribution >= 0.6 is 0 Å². The Bertz CT molecular complexity index is 860. The van der Waals surface area contributed by atoms with Gasteiger partial charge in [0.15, 0.2) is 23.0 Å². The minimum Gasteiger partial charge on any atom is -0.493 e. The van der Waals surface area contributed by atoms with Crippen LogP contribution in [0.4, 0.5) is 5.82 Å². The van der Waals surface area contributed by atoms with Crippen LogP contribution < -0.4 is 14.8 Å². The molecule has 0 radical (unpaired) electrons. The van der Waals surface area contributed by atoms with E-state index in [1.165, 1.54) is 5.56 Å². The van der Waals surface area contributed by atoms with E-state index in [0.29, 0.717) is 0 Å². The maximum atomic E-state index is 5.34. The van der Waals surface area contributed by atoms with Gasteiger partial charge >= 0.3 is 0 Å². The van der Waals surface area contributed by atoms with E-state index in [0.717, 1.165) is 41.8 Å². The second-order valence-electron chi connectivity index (χ2n) is 6.07. The van der Waals surface area contributed by atoms with Crippen LogP contribution in [-0.4, -0.2) is 40.6 Å². The van der Waals surface area contributed by atoms with Gasteiger partial charge in [0.05, 0.1) is 14.2 Å². The number of aromatic nitrogens is 4. The number of nitrogens with zero attached hydrogens (tertiary/aromatic N) is 4. The van der Waals surface area contributed by atoms with E-state index in [-0.39, 0.29) is 5.92 Å². The number of nitrogens with one attached hydrogen (secondary N) is 1. The fourth-order valence-corrected chi connectivity index (χ4v) is 2.63. The third-order valence-electron chi connectivity index (χ3n) is 3.97. The van der Waals surface area contributed by atoms with Crippen LogP contribution in [0.2, 0.25) is 0 Å². The molecule has 25 heavy (non-hydrogen) atoms. The van der Waals surface area contributed by atoms with Crippen molar-refractivity contribution in [3.8, 4) is 11.5 Å². The molecule has 7 nitrogen and oxygen atoms in total. The van der Waals surface area contributed by atoms with E-state index in [1.54, 1.807) is 18.7 Å². The first-order chi connectivity index (χ1) is 12.1. The zero-order valence-electron chi connectivity index (χ0n) is 15.0. The molecule has 7 heteroatoms. The van der Waals surface area contributed by atoms with Gasteiger partial charge in [-0.25, -0.2) is 0 Å². The molecule has 0 aliphatic heterocycles. The van der Waals surface area contributed by atoms with E-state index < -0.39 is 0 Å². The lowest BCUT2D eigenvalue weighted by molar-refractivity contribution is 0.354. The first-order valence-electron chi connectivity index (χ1n) is 8.29. The van der Waals surface area contributed by atoms with Gasteiger partial charge in [0.25, 0.3) is 0 Å². The summed E-state index contributed by atoms with van der Waals surface area (Å²) in [5, 5.41) is 16.3. The minimum atomic E-state index is 0.268. The standard InChI is InChI=1S/C18H23N5O2/c1-12(2)18-21-20-17-8-7-16(22-23(17)18)19-10-9-13-5-6-14(24-3)15(11-13)25-4/h5-8,11-12H,9-10H2,1-4H3,(H,19,22). The molecule has 0 fully saturated rings. The molecular weight excluding hydrogens is 318 g/mol. The molecule has 0 atom stereocenters. The molecule has 0 bridgehead atoms. The Hall–Kier alpha value is -2.83. The van der Waals surface area contributed by atoms with Crippen LogP contribution in [-0.2, 0) is 6.42 Å². The predicted octanol–water partition coefficient (Wildman–Crippen LogP) is 2.92. The molecule has 0 amide bonds. The van der Waals surface area contributed by atoms with E-state index in [4.69, 9.17) is 9.47 Å². The second-order valence-corrected chi connectivity index (χ2v) is 6.07. The number of benzene rings is 1. The molecule has 2 aromatic heterocycles. The Morgan fingerprint density at radius 3 is 2.56 bits per heavy atom. The molecule has 2 heterocycles. The van der Waals surface area contributed by atoms with Crippen LogP contribution in [0.25, 0.3) is 5.65 Å². The third kappa shape index (κ3) is 3.65. The van der Waals surface area contributed by atoms with Gasteiger partial charge < -0.3 is 14.8 Å². The summed E-state index contributed by atoms with van der Waals surface area (Å²) >= 11 is 0. The second kappa shape index (κ2) is 7.38. The van der Waals surface area contributed by atoms with Gasteiger partial charge in [0.1, 0.15) is 5.82 Å². The van der Waals surface area contributed by atoms with Crippen LogP contribution in [0.5, 0.6) is 11.5 Å². The quantitative estimate of drug-likeness (QED) is 0.712. The number of hydrogen-bond acceptors (Lipinski definition) is 6. The van der Waals surface area contributed by atoms with E-state index >= 15 is 0 Å². The van der Waals surface area contributed by atoms with Crippen LogP contribution in [0.15, 0.2) is 30.3 Å². The van der Waals surface area contributed by atoms with Gasteiger partial charge in [-0.1, -0.05) is 19.9 Å². The third-order valence-corrected chi connectivity index (χ3v) is 3.97. The summed E-state index contributed by atoms with van der Waals surface area (Å²) in [6.45, 7) is 4.91. The lowest BCUT2D eigenvalue weighted by Crippen LogP contribution is -2.09. The number of fused-ring (bicyclic) bond motifs is 1. The Balaban J connectivity index is 1.67. The lowest BCUT2D eigenvalue weighted by Gasteiger charge is -2.10. The van der Waals surface area contributed by atoms with E-state index in [1.807, 2.05) is 30.3 Å². The van der Waals surface area contributed by atoms with Crippen molar-refractivity contribution in [2.24, 2.45) is 0 Å². The van der Waals surface area contributed by atoms with Crippen molar-refractivity contribution in [1.29, 1.82) is 0 Å². The molecule has 3 rings (SSSR count). The Kier molecular flexibility index (Phi) is 5.02. The summed E-state index contributed by atoms with van der Waals surface area (Å²) in [7, 11) is 3.28. The van der Waals surface area contributed by atoms with Crippen LogP contribution in [0.1, 0.15) is 31.2 Å². The highest BCUT2D eigenvalue weighted by Gasteiger charge is 2.11. The molecular formula is C18H23N5O2. The molecule has 0 unspecified atom stereocenters. The summed E-state index contributed by atoms with van der Waals surface area (Å²) in [6.07, 6.45) is 0.847. The van der Waals surface area contributed by atoms with Crippen molar-refractivity contribution in [2.45, 2.75) is 26.2 Å². The minimum absolute atomic E-state index is 0.268. The predicted molar refractivity (Wildman–Crippen MR) is 96.6 cm³/mol. The summed E-state index contributed by atoms with van der Waals surface area (Å²) in [6, 6.07) is 9.79. The Labute approximate surface area is 147 Å². The maximum absolute atomic E-state index is 5.34. The highest BCUT2D eigenvalue weighted by molar-refractivity contribution is 5.45. The highest BCUT2D eigenvalue weighted by Crippen LogP contribution is 2.27. The largest absolute Gasteiger partial charge is 0.493 e. The molecule has 0 aliphatic carbocycles. The van der Waals surface area contributed by atoms with Crippen molar-refractivity contribution in [3.63, 3.8) is 0 Å². The Morgan fingerprint density at radius 2 is 1.84 bits per heavy atom. The van der Waals surface area contributed by atoms with Crippen molar-refractivity contribution in [2.75, 3.05) is 26.1 Å². The average Bonchev–Trinajstić information content (AvgIpc) is 3.05. The monoisotopic (exact) mass is 341 g/mol. The molecule has 1 N–H and O–H groups in total. The molecule has 3 aromatic rings. The number of hydrogen-bond donors (Lipinski definition) is 1. The van der Waals surface area contributed by atoms with Crippen LogP contribution in [0.3, 0.4) is 0 Å². The van der Waals surface area contributed by atoms with Gasteiger partial charge in [0, 0.05) is 12.5 Å². The topological polar surface area (TPSA) is 73.6 Å². The van der Waals surface area contributed by atoms with Gasteiger partial charge in [-0.3, -0.25) is 0 Å². The number of ether oxygens (including phenoxy) is 2. The van der Waals surface area contributed by atoms with Crippen molar-refractivity contribution >= 4 is 11.5 Å². The van der Waals surface area contributed by atoms with Gasteiger partial charge in [-0.05, 0) is 36.2 Å². The first kappa shape index (κ1) is 17.0. The van der Waals surface area contributed by atoms with Crippen molar-refractivity contribution < 1.29 is 9.47 Å². The molecule has 1 aromatic carbocycles. The Morgan fingerprint density at radius 1 is 1.04 bits per heavy atom. The van der Waals surface area contributed by atoms with Crippen molar-refractivity contribution in [3.05, 3.63) is 41.7 Å². The smallest absolute Gasteiger partial charge is 0.178 e. The summed E-state index contributed by atoms with van der Waals surface area (Å²) in [5.41, 5.74) is 1.92. The summed E-state index contributed by atoms with van der Waals surface area (Å²) in [4.78, 5) is 0. The number of anilines is 1. The van der Waals surface area contributed by atoms with E-state index in [2.05, 4.69) is 34.5 Å². The fourth-order valence-electron chi connectivity index (χ4n) is 2.63. The van der Waals surface area contributed by atoms with Crippen LogP contribution in [0, 0.1) is 0 Å². The van der Waals surface area contributed by atoms with Crippen molar-refractivity contribution in [1.82, 2.24) is 19.8 Å². The average molecular weight is 341 g/mol. The van der Waals surface area contributed by atoms with Gasteiger partial charge in [0.2, 0.25) is 0 Å². The molecule has 0 spiro atoms.